The zero-order chi connectivity index (χ0) is 26.2. The van der Waals surface area contributed by atoms with Crippen molar-refractivity contribution in [3.05, 3.63) is 96.6 Å². The van der Waals surface area contributed by atoms with Crippen LogP contribution in [0, 0.1) is 0 Å². The predicted molar refractivity (Wildman–Crippen MR) is 140 cm³/mol. The molecular weight excluding hydrogens is 456 g/mol. The van der Waals surface area contributed by atoms with Crippen LogP contribution in [0.1, 0.15) is 26.3 Å². The van der Waals surface area contributed by atoms with Crippen molar-refractivity contribution in [3.63, 3.8) is 0 Å². The summed E-state index contributed by atoms with van der Waals surface area (Å²) >= 11 is 0. The molecule has 0 spiro atoms. The number of esters is 2. The zero-order valence-electron chi connectivity index (χ0n) is 20.7. The van der Waals surface area contributed by atoms with Gasteiger partial charge < -0.3 is 19.3 Å². The van der Waals surface area contributed by atoms with E-state index >= 15 is 0 Å². The molecule has 1 unspecified atom stereocenters. The molecule has 0 aliphatic rings. The molecule has 1 N–H and O–H groups in total. The maximum Gasteiger partial charge on any atom is 0.338 e. The minimum atomic E-state index is -1.20. The highest BCUT2D eigenvalue weighted by Crippen LogP contribution is 2.31. The molecule has 0 fully saturated rings. The molecule has 0 bridgehead atoms. The topological polar surface area (TPSA) is 82.1 Å². The Hall–Kier alpha value is -4.00. The lowest BCUT2D eigenvalue weighted by atomic mass is 9.93. The monoisotopic (exact) mass is 486 g/mol. The largest absolute Gasteiger partial charge is 0.425 e. The van der Waals surface area contributed by atoms with E-state index in [2.05, 4.69) is 32.2 Å². The fourth-order valence-corrected chi connectivity index (χ4v) is 3.41. The highest BCUT2D eigenvalue weighted by atomic mass is 16.6. The van der Waals surface area contributed by atoms with E-state index in [4.69, 9.17) is 14.2 Å². The minimum Gasteiger partial charge on any atom is -0.425 e. The van der Waals surface area contributed by atoms with Crippen molar-refractivity contribution in [3.8, 4) is 33.8 Å². The van der Waals surface area contributed by atoms with E-state index in [1.165, 1.54) is 5.56 Å². The van der Waals surface area contributed by atoms with Crippen molar-refractivity contribution >= 4 is 11.9 Å². The fourth-order valence-electron chi connectivity index (χ4n) is 3.41. The van der Waals surface area contributed by atoms with Crippen LogP contribution in [0.25, 0.3) is 22.3 Å². The summed E-state index contributed by atoms with van der Waals surface area (Å²) in [4.78, 5) is 23.7. The van der Waals surface area contributed by atoms with E-state index in [-0.39, 0.29) is 6.61 Å². The lowest BCUT2D eigenvalue weighted by Crippen LogP contribution is -2.22. The molecule has 3 rings (SSSR count). The van der Waals surface area contributed by atoms with Crippen molar-refractivity contribution < 1.29 is 28.9 Å². The van der Waals surface area contributed by atoms with E-state index in [1.54, 1.807) is 38.1 Å². The van der Waals surface area contributed by atoms with Gasteiger partial charge in [0.25, 0.3) is 0 Å². The molecule has 3 aromatic carbocycles. The lowest BCUT2D eigenvalue weighted by molar-refractivity contribution is -0.149. The Morgan fingerprint density at radius 2 is 1.39 bits per heavy atom. The van der Waals surface area contributed by atoms with Crippen LogP contribution in [0.5, 0.6) is 11.5 Å². The first-order valence-corrected chi connectivity index (χ1v) is 11.5. The van der Waals surface area contributed by atoms with Gasteiger partial charge in [-0.25, -0.2) is 9.59 Å². The number of ether oxygens (including phenoxy) is 3. The van der Waals surface area contributed by atoms with Crippen LogP contribution in [0.4, 0.5) is 0 Å². The van der Waals surface area contributed by atoms with Crippen molar-refractivity contribution in [1.82, 2.24) is 0 Å². The van der Waals surface area contributed by atoms with Gasteiger partial charge in [-0.2, -0.15) is 0 Å². The summed E-state index contributed by atoms with van der Waals surface area (Å²) in [6.07, 6.45) is -0.367. The van der Waals surface area contributed by atoms with Gasteiger partial charge >= 0.3 is 11.9 Å². The van der Waals surface area contributed by atoms with Gasteiger partial charge in [-0.15, -0.1) is 0 Å². The molecule has 0 aromatic heterocycles. The average Bonchev–Trinajstić information content (AvgIpc) is 2.87. The molecule has 0 amide bonds. The second-order valence-corrected chi connectivity index (χ2v) is 8.43. The highest BCUT2D eigenvalue weighted by molar-refractivity contribution is 5.88. The number of carbonyl (C=O) groups excluding carboxylic acids is 2. The number of carbonyl (C=O) groups is 2. The third-order valence-corrected chi connectivity index (χ3v) is 5.41. The zero-order valence-corrected chi connectivity index (χ0v) is 20.7. The molecule has 0 aliphatic heterocycles. The Morgan fingerprint density at radius 3 is 1.94 bits per heavy atom. The van der Waals surface area contributed by atoms with Crippen LogP contribution in [-0.2, 0) is 20.7 Å². The van der Waals surface area contributed by atoms with Crippen molar-refractivity contribution in [2.75, 3.05) is 6.61 Å². The molecule has 6 nitrogen and oxygen atoms in total. The quantitative estimate of drug-likeness (QED) is 0.127. The Morgan fingerprint density at radius 1 is 0.833 bits per heavy atom. The second kappa shape index (κ2) is 12.1. The van der Waals surface area contributed by atoms with E-state index in [9.17, 15) is 14.7 Å². The summed E-state index contributed by atoms with van der Waals surface area (Å²) in [6, 6.07) is 20.8. The van der Waals surface area contributed by atoms with Crippen molar-refractivity contribution in [1.29, 1.82) is 0 Å². The lowest BCUT2D eigenvalue weighted by Gasteiger charge is -2.13. The van der Waals surface area contributed by atoms with Gasteiger partial charge in [0.1, 0.15) is 18.1 Å². The van der Waals surface area contributed by atoms with Gasteiger partial charge in [-0.3, -0.25) is 0 Å². The summed E-state index contributed by atoms with van der Waals surface area (Å²) < 4.78 is 15.5. The van der Waals surface area contributed by atoms with Crippen LogP contribution in [0.15, 0.2) is 91.0 Å². The standard InChI is InChI=1S/C30H30O6/c1-6-21-17-24(11-16-27(21)23-9-14-26(15-10-23)36-30(33)20(4)5)22-7-12-25(13-8-22)35-28(31)18-34-29(32)19(2)3/h7-17,29,32H,2,4,6,18H2,1,3,5H3. The predicted octanol–water partition coefficient (Wildman–Crippen LogP) is 5.88. The van der Waals surface area contributed by atoms with E-state index in [1.807, 2.05) is 30.3 Å². The third-order valence-electron chi connectivity index (χ3n) is 5.41. The smallest absolute Gasteiger partial charge is 0.338 e. The van der Waals surface area contributed by atoms with Gasteiger partial charge in [0.15, 0.2) is 6.29 Å². The minimum absolute atomic E-state index is 0.349. The molecule has 6 heteroatoms. The van der Waals surface area contributed by atoms with Crippen molar-refractivity contribution in [2.45, 2.75) is 33.5 Å². The normalized spacial score (nSPS) is 11.4. The number of rotatable bonds is 10. The SMILES string of the molecule is C=C(C)C(=O)Oc1ccc(-c2ccc(-c3ccc(OC(=O)COC(O)C(=C)C)cc3)cc2CC)cc1. The molecule has 0 aliphatic carbocycles. The Labute approximate surface area is 211 Å². The van der Waals surface area contributed by atoms with Crippen molar-refractivity contribution in [2.24, 2.45) is 0 Å². The number of benzene rings is 3. The Kier molecular flexibility index (Phi) is 8.95. The summed E-state index contributed by atoms with van der Waals surface area (Å²) in [5.74, 6) is -0.198. The first-order valence-electron chi connectivity index (χ1n) is 11.5. The molecule has 0 saturated heterocycles. The van der Waals surface area contributed by atoms with Crippen LogP contribution < -0.4 is 9.47 Å². The second-order valence-electron chi connectivity index (χ2n) is 8.43. The van der Waals surface area contributed by atoms with Gasteiger partial charge in [0.05, 0.1) is 0 Å². The van der Waals surface area contributed by atoms with Gasteiger partial charge in [0, 0.05) is 5.57 Å². The van der Waals surface area contributed by atoms with E-state index in [0.717, 1.165) is 28.7 Å². The molecular formula is C30H30O6. The first-order chi connectivity index (χ1) is 17.2. The summed E-state index contributed by atoms with van der Waals surface area (Å²) in [5, 5.41) is 9.55. The summed E-state index contributed by atoms with van der Waals surface area (Å²) in [6.45, 7) is 12.1. The van der Waals surface area contributed by atoms with Gasteiger partial charge in [-0.1, -0.05) is 62.5 Å². The van der Waals surface area contributed by atoms with Crippen LogP contribution in [0.2, 0.25) is 0 Å². The average molecular weight is 487 g/mol. The van der Waals surface area contributed by atoms with Gasteiger partial charge in [-0.05, 0) is 77.9 Å². The summed E-state index contributed by atoms with van der Waals surface area (Å²) in [7, 11) is 0. The molecule has 0 saturated carbocycles. The number of aryl methyl sites for hydroxylation is 1. The number of aliphatic hydroxyl groups is 1. The third kappa shape index (κ3) is 7.01. The van der Waals surface area contributed by atoms with Crippen LogP contribution in [-0.4, -0.2) is 29.9 Å². The number of aliphatic hydroxyl groups excluding tert-OH is 1. The molecule has 3 aromatic rings. The maximum atomic E-state index is 11.9. The molecule has 1 atom stereocenters. The molecule has 186 valence electrons. The fraction of sp³-hybridized carbons (Fsp3) is 0.200. The number of hydrogen-bond acceptors (Lipinski definition) is 6. The molecule has 0 radical (unpaired) electrons. The summed E-state index contributed by atoms with van der Waals surface area (Å²) in [5.41, 5.74) is 6.06. The first kappa shape index (κ1) is 26.6. The molecule has 36 heavy (non-hydrogen) atoms. The molecule has 0 heterocycles. The Bertz CT molecular complexity index is 1260. The van der Waals surface area contributed by atoms with Crippen LogP contribution >= 0.6 is 0 Å². The van der Waals surface area contributed by atoms with E-state index in [0.29, 0.717) is 22.6 Å². The number of hydrogen-bond donors (Lipinski definition) is 1. The van der Waals surface area contributed by atoms with E-state index < -0.39 is 18.2 Å². The van der Waals surface area contributed by atoms with Crippen LogP contribution in [0.3, 0.4) is 0 Å². The Balaban J connectivity index is 1.70. The maximum absolute atomic E-state index is 11.9. The van der Waals surface area contributed by atoms with Gasteiger partial charge in [0.2, 0.25) is 0 Å². The highest BCUT2D eigenvalue weighted by Gasteiger charge is 2.12.